The van der Waals surface area contributed by atoms with Crippen LogP contribution in [0.2, 0.25) is 5.02 Å². The van der Waals surface area contributed by atoms with Crippen molar-refractivity contribution < 1.29 is 9.84 Å². The molecule has 0 saturated heterocycles. The minimum atomic E-state index is -0.730. The van der Waals surface area contributed by atoms with Crippen molar-refractivity contribution in [2.45, 2.75) is 6.10 Å². The number of hydrogen-bond acceptors (Lipinski definition) is 3. The second-order valence-corrected chi connectivity index (χ2v) is 5.36. The molecule has 0 aliphatic rings. The number of nitrogens with two attached hydrogens (primary N) is 1. The first-order chi connectivity index (χ1) is 9.06. The molecule has 5 heteroatoms. The van der Waals surface area contributed by atoms with E-state index < -0.39 is 6.10 Å². The fourth-order valence-corrected chi connectivity index (χ4v) is 2.42. The van der Waals surface area contributed by atoms with Gasteiger partial charge >= 0.3 is 0 Å². The Kier molecular flexibility index (Phi) is 4.69. The van der Waals surface area contributed by atoms with Gasteiger partial charge in [0, 0.05) is 10.7 Å². The van der Waals surface area contributed by atoms with Crippen LogP contribution < -0.4 is 10.5 Å². The van der Waals surface area contributed by atoms with E-state index in [9.17, 15) is 5.11 Å². The van der Waals surface area contributed by atoms with Crippen LogP contribution in [0.25, 0.3) is 0 Å². The molecule has 100 valence electrons. The van der Waals surface area contributed by atoms with Crippen molar-refractivity contribution in [1.82, 2.24) is 0 Å². The van der Waals surface area contributed by atoms with Gasteiger partial charge in [-0.05, 0) is 51.8 Å². The number of ether oxygens (including phenoxy) is 1. The fraction of sp³-hybridized carbons (Fsp3) is 0.143. The predicted molar refractivity (Wildman–Crippen MR) is 80.5 cm³/mol. The molecule has 2 aromatic carbocycles. The van der Waals surface area contributed by atoms with Crippen molar-refractivity contribution in [1.29, 1.82) is 0 Å². The van der Waals surface area contributed by atoms with Crippen LogP contribution >= 0.6 is 27.5 Å². The molecule has 19 heavy (non-hydrogen) atoms. The lowest BCUT2D eigenvalue weighted by Gasteiger charge is -2.14. The molecule has 2 aromatic rings. The topological polar surface area (TPSA) is 55.5 Å². The molecule has 0 aliphatic heterocycles. The molecule has 2 rings (SSSR count). The lowest BCUT2D eigenvalue weighted by Crippen LogP contribution is -2.10. The van der Waals surface area contributed by atoms with Crippen molar-refractivity contribution in [3.05, 3.63) is 57.5 Å². The smallest absolute Gasteiger partial charge is 0.133 e. The normalized spacial score (nSPS) is 12.2. The largest absolute Gasteiger partial charge is 0.489 e. The van der Waals surface area contributed by atoms with Crippen molar-refractivity contribution in [3.63, 3.8) is 0 Å². The molecule has 0 spiro atoms. The van der Waals surface area contributed by atoms with Crippen LogP contribution in [0.15, 0.2) is 46.9 Å². The highest BCUT2D eigenvalue weighted by Crippen LogP contribution is 2.29. The zero-order chi connectivity index (χ0) is 13.8. The van der Waals surface area contributed by atoms with E-state index in [2.05, 4.69) is 15.9 Å². The summed E-state index contributed by atoms with van der Waals surface area (Å²) in [5.74, 6) is 0.632. The van der Waals surface area contributed by atoms with E-state index in [0.717, 1.165) is 10.0 Å². The van der Waals surface area contributed by atoms with Gasteiger partial charge in [0.05, 0.1) is 4.47 Å². The summed E-state index contributed by atoms with van der Waals surface area (Å²) in [7, 11) is 0. The van der Waals surface area contributed by atoms with Gasteiger partial charge < -0.3 is 15.6 Å². The molecule has 0 heterocycles. The number of benzene rings is 2. The Labute approximate surface area is 125 Å². The second-order valence-electron chi connectivity index (χ2n) is 4.07. The van der Waals surface area contributed by atoms with Gasteiger partial charge in [0.1, 0.15) is 18.5 Å². The van der Waals surface area contributed by atoms with Crippen LogP contribution in [-0.2, 0) is 0 Å². The maximum absolute atomic E-state index is 10.0. The van der Waals surface area contributed by atoms with Gasteiger partial charge in [-0.25, -0.2) is 0 Å². The Morgan fingerprint density at radius 2 is 2.05 bits per heavy atom. The maximum Gasteiger partial charge on any atom is 0.133 e. The summed E-state index contributed by atoms with van der Waals surface area (Å²) in [6, 6.07) is 12.3. The summed E-state index contributed by atoms with van der Waals surface area (Å²) in [6.07, 6.45) is -0.730. The molecule has 3 N–H and O–H groups in total. The van der Waals surface area contributed by atoms with E-state index in [0.29, 0.717) is 16.5 Å². The average Bonchev–Trinajstić information content (AvgIpc) is 2.37. The van der Waals surface area contributed by atoms with Gasteiger partial charge in [0.15, 0.2) is 0 Å². The first kappa shape index (κ1) is 14.2. The Morgan fingerprint density at radius 1 is 1.26 bits per heavy atom. The lowest BCUT2D eigenvalue weighted by atomic mass is 10.1. The predicted octanol–water partition coefficient (Wildman–Crippen LogP) is 3.80. The number of aliphatic hydroxyl groups is 1. The average molecular weight is 343 g/mol. The van der Waals surface area contributed by atoms with Gasteiger partial charge in [-0.2, -0.15) is 0 Å². The Hall–Kier alpha value is -1.23. The highest BCUT2D eigenvalue weighted by atomic mass is 79.9. The van der Waals surface area contributed by atoms with E-state index in [1.54, 1.807) is 42.5 Å². The zero-order valence-corrected chi connectivity index (χ0v) is 12.4. The highest BCUT2D eigenvalue weighted by molar-refractivity contribution is 9.10. The van der Waals surface area contributed by atoms with Gasteiger partial charge in [-0.15, -0.1) is 0 Å². The second kappa shape index (κ2) is 6.28. The molecule has 1 unspecified atom stereocenters. The van der Waals surface area contributed by atoms with E-state index in [1.807, 2.05) is 0 Å². The van der Waals surface area contributed by atoms with E-state index >= 15 is 0 Å². The highest BCUT2D eigenvalue weighted by Gasteiger charge is 2.10. The molecule has 0 fully saturated rings. The Balaban J connectivity index is 2.02. The maximum atomic E-state index is 10.0. The summed E-state index contributed by atoms with van der Waals surface area (Å²) >= 11 is 9.20. The summed E-state index contributed by atoms with van der Waals surface area (Å²) in [6.45, 7) is 0.143. The van der Waals surface area contributed by atoms with Crippen molar-refractivity contribution in [2.75, 3.05) is 12.3 Å². The minimum Gasteiger partial charge on any atom is -0.489 e. The summed E-state index contributed by atoms with van der Waals surface area (Å²) in [5, 5.41) is 10.7. The van der Waals surface area contributed by atoms with Crippen LogP contribution in [0.1, 0.15) is 11.7 Å². The van der Waals surface area contributed by atoms with Crippen molar-refractivity contribution >= 4 is 33.2 Å². The molecular weight excluding hydrogens is 330 g/mol. The number of anilines is 1. The van der Waals surface area contributed by atoms with Crippen LogP contribution in [-0.4, -0.2) is 11.7 Å². The number of halogens is 2. The fourth-order valence-electron chi connectivity index (χ4n) is 1.62. The molecule has 0 bridgehead atoms. The first-order valence-corrected chi connectivity index (χ1v) is 6.84. The molecule has 3 nitrogen and oxygen atoms in total. The van der Waals surface area contributed by atoms with E-state index in [4.69, 9.17) is 22.1 Å². The van der Waals surface area contributed by atoms with Gasteiger partial charge in [0.25, 0.3) is 0 Å². The Morgan fingerprint density at radius 3 is 2.74 bits per heavy atom. The quantitative estimate of drug-likeness (QED) is 0.831. The molecule has 1 atom stereocenters. The standard InChI is InChI=1S/C14H13BrClNO2/c15-12-7-10(16)4-5-14(12)19-8-13(18)9-2-1-3-11(17)6-9/h1-7,13,18H,8,17H2. The summed E-state index contributed by atoms with van der Waals surface area (Å²) in [4.78, 5) is 0. The van der Waals surface area contributed by atoms with Gasteiger partial charge in [0.2, 0.25) is 0 Å². The third-order valence-corrected chi connectivity index (χ3v) is 3.44. The molecule has 0 aromatic heterocycles. The molecule has 0 saturated carbocycles. The summed E-state index contributed by atoms with van der Waals surface area (Å²) < 4.78 is 6.30. The van der Waals surface area contributed by atoms with Crippen LogP contribution in [0.3, 0.4) is 0 Å². The number of nitrogen functional groups attached to an aromatic ring is 1. The van der Waals surface area contributed by atoms with Crippen LogP contribution in [0.5, 0.6) is 5.75 Å². The minimum absolute atomic E-state index is 0.143. The first-order valence-electron chi connectivity index (χ1n) is 5.67. The number of rotatable bonds is 4. The monoisotopic (exact) mass is 341 g/mol. The lowest BCUT2D eigenvalue weighted by molar-refractivity contribution is 0.108. The third-order valence-electron chi connectivity index (χ3n) is 2.59. The molecule has 0 aliphatic carbocycles. The van der Waals surface area contributed by atoms with E-state index in [1.165, 1.54) is 0 Å². The van der Waals surface area contributed by atoms with E-state index in [-0.39, 0.29) is 6.61 Å². The van der Waals surface area contributed by atoms with Gasteiger partial charge in [-0.3, -0.25) is 0 Å². The van der Waals surface area contributed by atoms with Gasteiger partial charge in [-0.1, -0.05) is 23.7 Å². The molecule has 0 amide bonds. The zero-order valence-electron chi connectivity index (χ0n) is 10.0. The molecule has 0 radical (unpaired) electrons. The van der Waals surface area contributed by atoms with Crippen LogP contribution in [0.4, 0.5) is 5.69 Å². The number of aliphatic hydroxyl groups excluding tert-OH is 1. The Bertz CT molecular complexity index is 577. The van der Waals surface area contributed by atoms with Crippen molar-refractivity contribution in [2.24, 2.45) is 0 Å². The van der Waals surface area contributed by atoms with Crippen molar-refractivity contribution in [3.8, 4) is 5.75 Å². The third kappa shape index (κ3) is 3.86. The molecular formula is C14H13BrClNO2. The van der Waals surface area contributed by atoms with Crippen LogP contribution in [0, 0.1) is 0 Å². The number of hydrogen-bond donors (Lipinski definition) is 2. The SMILES string of the molecule is Nc1cccc(C(O)COc2ccc(Cl)cc2Br)c1. The summed E-state index contributed by atoms with van der Waals surface area (Å²) in [5.41, 5.74) is 7.01.